The first kappa shape index (κ1) is 15.6. The molecule has 0 aliphatic heterocycles. The summed E-state index contributed by atoms with van der Waals surface area (Å²) in [6.45, 7) is 9.94. The lowest BCUT2D eigenvalue weighted by molar-refractivity contribution is 0.340. The highest BCUT2D eigenvalue weighted by molar-refractivity contribution is 5.57. The van der Waals surface area contributed by atoms with E-state index in [4.69, 9.17) is 9.15 Å². The third-order valence-corrected chi connectivity index (χ3v) is 3.00. The van der Waals surface area contributed by atoms with Crippen molar-refractivity contribution in [2.75, 3.05) is 13.2 Å². The molecule has 0 fully saturated rings. The van der Waals surface area contributed by atoms with Crippen LogP contribution in [0.2, 0.25) is 0 Å². The van der Waals surface area contributed by atoms with Crippen LogP contribution < -0.4 is 10.1 Å². The highest BCUT2D eigenvalue weighted by Crippen LogP contribution is 2.23. The summed E-state index contributed by atoms with van der Waals surface area (Å²) in [5.74, 6) is 2.43. The highest BCUT2D eigenvalue weighted by atomic mass is 16.5. The Kier molecular flexibility index (Phi) is 5.02. The van der Waals surface area contributed by atoms with Crippen LogP contribution in [0.3, 0.4) is 0 Å². The monoisotopic (exact) mass is 288 g/mol. The smallest absolute Gasteiger partial charge is 0.196 e. The van der Waals surface area contributed by atoms with Crippen LogP contribution in [0.15, 0.2) is 34.9 Å². The largest absolute Gasteiger partial charge is 0.494 e. The van der Waals surface area contributed by atoms with Crippen molar-refractivity contribution in [3.05, 3.63) is 36.4 Å². The van der Waals surface area contributed by atoms with E-state index in [0.717, 1.165) is 35.9 Å². The maximum atomic E-state index is 5.79. The van der Waals surface area contributed by atoms with Crippen LogP contribution in [0.1, 0.15) is 33.6 Å². The molecule has 0 saturated heterocycles. The van der Waals surface area contributed by atoms with Gasteiger partial charge in [0, 0.05) is 24.1 Å². The Labute approximate surface area is 126 Å². The predicted octanol–water partition coefficient (Wildman–Crippen LogP) is 3.67. The summed E-state index contributed by atoms with van der Waals surface area (Å²) in [5.41, 5.74) is 1.13. The molecule has 21 heavy (non-hydrogen) atoms. The van der Waals surface area contributed by atoms with Gasteiger partial charge in [-0.25, -0.2) is 4.98 Å². The molecule has 0 aliphatic carbocycles. The summed E-state index contributed by atoms with van der Waals surface area (Å²) in [6.07, 6.45) is 2.57. The third kappa shape index (κ3) is 4.90. The van der Waals surface area contributed by atoms with Gasteiger partial charge < -0.3 is 14.5 Å². The Bertz CT molecular complexity index is 553. The maximum absolute atomic E-state index is 5.79. The third-order valence-electron chi connectivity index (χ3n) is 3.00. The molecule has 0 unspecified atom stereocenters. The molecule has 1 aromatic heterocycles. The van der Waals surface area contributed by atoms with Crippen LogP contribution in [0.4, 0.5) is 0 Å². The lowest BCUT2D eigenvalue weighted by Gasteiger charge is -2.19. The number of rotatable bonds is 6. The molecule has 1 N–H and O–H groups in total. The van der Waals surface area contributed by atoms with Crippen LogP contribution in [0, 0.1) is 0 Å². The number of nitrogens with zero attached hydrogens (tertiary/aromatic N) is 1. The Balaban J connectivity index is 1.96. The van der Waals surface area contributed by atoms with Gasteiger partial charge in [0.1, 0.15) is 5.75 Å². The van der Waals surface area contributed by atoms with Gasteiger partial charge in [-0.1, -0.05) is 0 Å². The molecule has 0 radical (unpaired) electrons. The van der Waals surface area contributed by atoms with Crippen LogP contribution in [0.25, 0.3) is 11.3 Å². The van der Waals surface area contributed by atoms with Gasteiger partial charge in [-0.15, -0.1) is 0 Å². The fourth-order valence-electron chi connectivity index (χ4n) is 1.99. The van der Waals surface area contributed by atoms with E-state index < -0.39 is 0 Å². The molecule has 1 aromatic carbocycles. The van der Waals surface area contributed by atoms with Gasteiger partial charge in [0.25, 0.3) is 0 Å². The summed E-state index contributed by atoms with van der Waals surface area (Å²) in [5, 5.41) is 3.42. The molecular formula is C17H24N2O2. The van der Waals surface area contributed by atoms with Crippen molar-refractivity contribution in [1.82, 2.24) is 10.3 Å². The van der Waals surface area contributed by atoms with E-state index in [1.807, 2.05) is 31.2 Å². The molecule has 0 saturated carbocycles. The fraction of sp³-hybridized carbons (Fsp3) is 0.471. The Morgan fingerprint density at radius 3 is 2.52 bits per heavy atom. The van der Waals surface area contributed by atoms with Crippen LogP contribution in [-0.4, -0.2) is 23.7 Å². The van der Waals surface area contributed by atoms with Gasteiger partial charge in [0.15, 0.2) is 11.7 Å². The van der Waals surface area contributed by atoms with E-state index in [9.17, 15) is 0 Å². The average Bonchev–Trinajstić information content (AvgIpc) is 2.87. The Hall–Kier alpha value is -1.81. The fourth-order valence-corrected chi connectivity index (χ4v) is 1.99. The summed E-state index contributed by atoms with van der Waals surface area (Å²) in [6, 6.07) is 7.87. The van der Waals surface area contributed by atoms with Gasteiger partial charge >= 0.3 is 0 Å². The minimum Gasteiger partial charge on any atom is -0.494 e. The van der Waals surface area contributed by atoms with Gasteiger partial charge in [0.2, 0.25) is 0 Å². The normalized spacial score (nSPS) is 11.6. The van der Waals surface area contributed by atoms with Crippen LogP contribution in [-0.2, 0) is 6.42 Å². The lowest BCUT2D eigenvalue weighted by atomic mass is 10.1. The SMILES string of the molecule is CCOc1ccc(-c2cnc(CCNC(C)(C)C)o2)cc1. The Morgan fingerprint density at radius 1 is 1.19 bits per heavy atom. The molecule has 2 aromatic rings. The van der Waals surface area contributed by atoms with E-state index in [0.29, 0.717) is 6.61 Å². The van der Waals surface area contributed by atoms with Crippen LogP contribution >= 0.6 is 0 Å². The highest BCUT2D eigenvalue weighted by Gasteiger charge is 2.10. The van der Waals surface area contributed by atoms with Crippen molar-refractivity contribution in [1.29, 1.82) is 0 Å². The van der Waals surface area contributed by atoms with Gasteiger partial charge in [0.05, 0.1) is 12.8 Å². The van der Waals surface area contributed by atoms with Crippen molar-refractivity contribution in [2.45, 2.75) is 39.7 Å². The van der Waals surface area contributed by atoms with Gasteiger partial charge in [-0.3, -0.25) is 0 Å². The topological polar surface area (TPSA) is 47.3 Å². The molecule has 0 amide bonds. The zero-order chi connectivity index (χ0) is 15.3. The van der Waals surface area contributed by atoms with E-state index in [1.54, 1.807) is 6.20 Å². The molecule has 0 spiro atoms. The molecule has 2 rings (SSSR count). The zero-order valence-corrected chi connectivity index (χ0v) is 13.3. The molecule has 0 atom stereocenters. The van der Waals surface area contributed by atoms with Crippen LogP contribution in [0.5, 0.6) is 5.75 Å². The minimum atomic E-state index is 0.116. The maximum Gasteiger partial charge on any atom is 0.196 e. The lowest BCUT2D eigenvalue weighted by Crippen LogP contribution is -2.37. The minimum absolute atomic E-state index is 0.116. The van der Waals surface area contributed by atoms with Crippen molar-refractivity contribution < 1.29 is 9.15 Å². The predicted molar refractivity (Wildman–Crippen MR) is 84.6 cm³/mol. The summed E-state index contributed by atoms with van der Waals surface area (Å²) in [7, 11) is 0. The second-order valence-corrected chi connectivity index (χ2v) is 6.00. The second-order valence-electron chi connectivity index (χ2n) is 6.00. The average molecular weight is 288 g/mol. The van der Waals surface area contributed by atoms with E-state index in [1.165, 1.54) is 0 Å². The number of hydrogen-bond acceptors (Lipinski definition) is 4. The first-order valence-corrected chi connectivity index (χ1v) is 7.41. The first-order valence-electron chi connectivity index (χ1n) is 7.41. The number of nitrogens with one attached hydrogen (secondary N) is 1. The first-order chi connectivity index (χ1) is 9.98. The molecular weight excluding hydrogens is 264 g/mol. The number of aromatic nitrogens is 1. The van der Waals surface area contributed by atoms with Crippen molar-refractivity contribution in [2.24, 2.45) is 0 Å². The zero-order valence-electron chi connectivity index (χ0n) is 13.3. The summed E-state index contributed by atoms with van der Waals surface area (Å²) >= 11 is 0. The number of ether oxygens (including phenoxy) is 1. The number of benzene rings is 1. The van der Waals surface area contributed by atoms with E-state index in [-0.39, 0.29) is 5.54 Å². The molecule has 1 heterocycles. The van der Waals surface area contributed by atoms with E-state index in [2.05, 4.69) is 31.1 Å². The second kappa shape index (κ2) is 6.76. The molecule has 0 aliphatic rings. The molecule has 4 nitrogen and oxygen atoms in total. The summed E-state index contributed by atoms with van der Waals surface area (Å²) < 4.78 is 11.2. The van der Waals surface area contributed by atoms with Gasteiger partial charge in [-0.05, 0) is 52.0 Å². The number of oxazole rings is 1. The van der Waals surface area contributed by atoms with Crippen molar-refractivity contribution in [3.8, 4) is 17.1 Å². The molecule has 114 valence electrons. The van der Waals surface area contributed by atoms with Crippen molar-refractivity contribution in [3.63, 3.8) is 0 Å². The van der Waals surface area contributed by atoms with E-state index >= 15 is 0 Å². The molecule has 0 bridgehead atoms. The Morgan fingerprint density at radius 2 is 1.90 bits per heavy atom. The summed E-state index contributed by atoms with van der Waals surface area (Å²) in [4.78, 5) is 4.33. The van der Waals surface area contributed by atoms with Gasteiger partial charge in [-0.2, -0.15) is 0 Å². The molecule has 4 heteroatoms. The quantitative estimate of drug-likeness (QED) is 0.881. The number of hydrogen-bond donors (Lipinski definition) is 1. The standard InChI is InChI=1S/C17H24N2O2/c1-5-20-14-8-6-13(7-9-14)15-12-18-16(21-15)10-11-19-17(2,3)4/h6-9,12,19H,5,10-11H2,1-4H3. The van der Waals surface area contributed by atoms with Crippen molar-refractivity contribution >= 4 is 0 Å².